The SMILES string of the molecule is CC(=O)Nc1cccc(Nc2nc(C)cc(NCCc3ccc(F)cc3)n2)c1. The van der Waals surface area contributed by atoms with E-state index in [4.69, 9.17) is 0 Å². The summed E-state index contributed by atoms with van der Waals surface area (Å²) in [7, 11) is 0. The molecule has 1 amide bonds. The predicted octanol–water partition coefficient (Wildman–Crippen LogP) is 4.28. The quantitative estimate of drug-likeness (QED) is 0.571. The highest BCUT2D eigenvalue weighted by molar-refractivity contribution is 5.89. The van der Waals surface area contributed by atoms with Gasteiger partial charge in [-0.05, 0) is 49.2 Å². The maximum atomic E-state index is 13.0. The molecule has 2 aromatic carbocycles. The summed E-state index contributed by atoms with van der Waals surface area (Å²) in [6.45, 7) is 4.03. The molecule has 1 heterocycles. The molecule has 0 fully saturated rings. The molecule has 1 aromatic heterocycles. The fourth-order valence-electron chi connectivity index (χ4n) is 2.71. The van der Waals surface area contributed by atoms with Crippen molar-refractivity contribution in [2.75, 3.05) is 22.5 Å². The Morgan fingerprint density at radius 3 is 2.54 bits per heavy atom. The lowest BCUT2D eigenvalue weighted by molar-refractivity contribution is -0.114. The molecule has 0 saturated heterocycles. The zero-order chi connectivity index (χ0) is 19.9. The highest BCUT2D eigenvalue weighted by atomic mass is 19.1. The van der Waals surface area contributed by atoms with Crippen molar-refractivity contribution in [3.8, 4) is 0 Å². The largest absolute Gasteiger partial charge is 0.370 e. The number of amides is 1. The maximum absolute atomic E-state index is 13.0. The van der Waals surface area contributed by atoms with Crippen LogP contribution in [0.15, 0.2) is 54.6 Å². The van der Waals surface area contributed by atoms with Gasteiger partial charge in [0.2, 0.25) is 11.9 Å². The molecule has 144 valence electrons. The van der Waals surface area contributed by atoms with Gasteiger partial charge >= 0.3 is 0 Å². The van der Waals surface area contributed by atoms with E-state index in [9.17, 15) is 9.18 Å². The van der Waals surface area contributed by atoms with Crippen LogP contribution in [0, 0.1) is 12.7 Å². The zero-order valence-corrected chi connectivity index (χ0v) is 15.8. The van der Waals surface area contributed by atoms with Crippen molar-refractivity contribution in [3.05, 3.63) is 71.7 Å². The van der Waals surface area contributed by atoms with Crippen molar-refractivity contribution >= 4 is 29.0 Å². The average Bonchev–Trinajstić information content (AvgIpc) is 2.63. The van der Waals surface area contributed by atoms with Crippen molar-refractivity contribution in [3.63, 3.8) is 0 Å². The third-order valence-corrected chi connectivity index (χ3v) is 3.93. The van der Waals surface area contributed by atoms with Gasteiger partial charge < -0.3 is 16.0 Å². The number of aryl methyl sites for hydroxylation is 1. The number of hydrogen-bond donors (Lipinski definition) is 3. The lowest BCUT2D eigenvalue weighted by Gasteiger charge is -2.11. The average molecular weight is 379 g/mol. The van der Waals surface area contributed by atoms with Crippen molar-refractivity contribution < 1.29 is 9.18 Å². The number of carbonyl (C=O) groups is 1. The van der Waals surface area contributed by atoms with E-state index in [0.29, 0.717) is 24.0 Å². The molecule has 3 aromatic rings. The number of halogens is 1. The summed E-state index contributed by atoms with van der Waals surface area (Å²) >= 11 is 0. The second-order valence-corrected chi connectivity index (χ2v) is 6.41. The van der Waals surface area contributed by atoms with Gasteiger partial charge in [0.25, 0.3) is 0 Å². The van der Waals surface area contributed by atoms with E-state index in [1.807, 2.05) is 37.3 Å². The van der Waals surface area contributed by atoms with Crippen LogP contribution in [0.4, 0.5) is 27.5 Å². The summed E-state index contributed by atoms with van der Waals surface area (Å²) in [5, 5.41) is 9.17. The van der Waals surface area contributed by atoms with Gasteiger partial charge in [-0.1, -0.05) is 18.2 Å². The Morgan fingerprint density at radius 2 is 1.79 bits per heavy atom. The fourth-order valence-corrected chi connectivity index (χ4v) is 2.71. The number of aromatic nitrogens is 2. The molecule has 0 radical (unpaired) electrons. The van der Waals surface area contributed by atoms with Gasteiger partial charge in [0.1, 0.15) is 11.6 Å². The van der Waals surface area contributed by atoms with Crippen molar-refractivity contribution in [1.82, 2.24) is 9.97 Å². The summed E-state index contributed by atoms with van der Waals surface area (Å²) in [6.07, 6.45) is 0.755. The van der Waals surface area contributed by atoms with Crippen LogP contribution in [0.3, 0.4) is 0 Å². The van der Waals surface area contributed by atoms with Crippen LogP contribution in [0.1, 0.15) is 18.2 Å². The standard InChI is InChI=1S/C21H22FN5O/c1-14-12-20(23-11-10-16-6-8-17(22)9-7-16)27-21(24-14)26-19-5-3-4-18(13-19)25-15(2)28/h3-9,12-13H,10-11H2,1-2H3,(H,25,28)(H2,23,24,26,27). The third kappa shape index (κ3) is 5.77. The van der Waals surface area contributed by atoms with Gasteiger partial charge in [-0.2, -0.15) is 4.98 Å². The van der Waals surface area contributed by atoms with E-state index in [-0.39, 0.29) is 11.7 Å². The first kappa shape index (κ1) is 19.3. The van der Waals surface area contributed by atoms with E-state index in [1.54, 1.807) is 12.1 Å². The van der Waals surface area contributed by atoms with E-state index >= 15 is 0 Å². The van der Waals surface area contributed by atoms with Crippen LogP contribution in [0.25, 0.3) is 0 Å². The normalized spacial score (nSPS) is 10.4. The first-order chi connectivity index (χ1) is 13.5. The van der Waals surface area contributed by atoms with Crippen LogP contribution < -0.4 is 16.0 Å². The van der Waals surface area contributed by atoms with Crippen molar-refractivity contribution in [2.45, 2.75) is 20.3 Å². The molecule has 0 aliphatic carbocycles. The van der Waals surface area contributed by atoms with Crippen LogP contribution in [0.2, 0.25) is 0 Å². The van der Waals surface area contributed by atoms with E-state index in [0.717, 1.165) is 23.4 Å². The van der Waals surface area contributed by atoms with E-state index in [1.165, 1.54) is 19.1 Å². The summed E-state index contributed by atoms with van der Waals surface area (Å²) in [5.41, 5.74) is 3.34. The Bertz CT molecular complexity index is 959. The molecule has 0 spiro atoms. The summed E-state index contributed by atoms with van der Waals surface area (Å²) in [4.78, 5) is 20.1. The molecule has 0 aliphatic rings. The Hall–Kier alpha value is -3.48. The van der Waals surface area contributed by atoms with Gasteiger partial charge in [-0.15, -0.1) is 0 Å². The molecule has 0 saturated carbocycles. The minimum atomic E-state index is -0.235. The number of nitrogens with one attached hydrogen (secondary N) is 3. The monoisotopic (exact) mass is 379 g/mol. The van der Waals surface area contributed by atoms with Crippen LogP contribution >= 0.6 is 0 Å². The Kier molecular flexibility index (Phi) is 6.16. The number of anilines is 4. The Morgan fingerprint density at radius 1 is 1.04 bits per heavy atom. The van der Waals surface area contributed by atoms with Gasteiger partial charge in [-0.3, -0.25) is 4.79 Å². The summed E-state index contributed by atoms with van der Waals surface area (Å²) in [6, 6.07) is 15.7. The molecule has 0 atom stereocenters. The number of nitrogens with zero attached hydrogens (tertiary/aromatic N) is 2. The molecule has 6 nitrogen and oxygen atoms in total. The second kappa shape index (κ2) is 8.94. The topological polar surface area (TPSA) is 78.9 Å². The van der Waals surface area contributed by atoms with Crippen molar-refractivity contribution in [1.29, 1.82) is 0 Å². The van der Waals surface area contributed by atoms with Gasteiger partial charge in [0.05, 0.1) is 0 Å². The lowest BCUT2D eigenvalue weighted by Crippen LogP contribution is -2.09. The Labute approximate surface area is 163 Å². The number of rotatable bonds is 7. The third-order valence-electron chi connectivity index (χ3n) is 3.93. The lowest BCUT2D eigenvalue weighted by atomic mass is 10.1. The van der Waals surface area contributed by atoms with Gasteiger partial charge in [0, 0.05) is 36.6 Å². The van der Waals surface area contributed by atoms with E-state index in [2.05, 4.69) is 25.9 Å². The fraction of sp³-hybridized carbons (Fsp3) is 0.190. The minimum absolute atomic E-state index is 0.128. The van der Waals surface area contributed by atoms with Gasteiger partial charge in [-0.25, -0.2) is 9.37 Å². The zero-order valence-electron chi connectivity index (χ0n) is 15.8. The second-order valence-electron chi connectivity index (χ2n) is 6.41. The summed E-state index contributed by atoms with van der Waals surface area (Å²) < 4.78 is 13.0. The number of benzene rings is 2. The number of hydrogen-bond acceptors (Lipinski definition) is 5. The molecule has 3 rings (SSSR count). The molecule has 0 bridgehead atoms. The molecular formula is C21H22FN5O. The molecule has 28 heavy (non-hydrogen) atoms. The van der Waals surface area contributed by atoms with Crippen molar-refractivity contribution in [2.24, 2.45) is 0 Å². The van der Waals surface area contributed by atoms with Crippen LogP contribution in [-0.4, -0.2) is 22.4 Å². The van der Waals surface area contributed by atoms with Crippen LogP contribution in [0.5, 0.6) is 0 Å². The minimum Gasteiger partial charge on any atom is -0.370 e. The molecule has 7 heteroatoms. The van der Waals surface area contributed by atoms with Crippen LogP contribution in [-0.2, 0) is 11.2 Å². The smallest absolute Gasteiger partial charge is 0.229 e. The van der Waals surface area contributed by atoms with E-state index < -0.39 is 0 Å². The molecule has 0 unspecified atom stereocenters. The molecule has 0 aliphatic heterocycles. The molecular weight excluding hydrogens is 357 g/mol. The highest BCUT2D eigenvalue weighted by Crippen LogP contribution is 2.19. The molecule has 3 N–H and O–H groups in total. The predicted molar refractivity (Wildman–Crippen MR) is 109 cm³/mol. The maximum Gasteiger partial charge on any atom is 0.229 e. The summed E-state index contributed by atoms with van der Waals surface area (Å²) in [5.74, 6) is 0.803. The van der Waals surface area contributed by atoms with Gasteiger partial charge in [0.15, 0.2) is 0 Å². The highest BCUT2D eigenvalue weighted by Gasteiger charge is 2.04. The number of carbonyl (C=O) groups excluding carboxylic acids is 1. The Balaban J connectivity index is 1.64. The first-order valence-electron chi connectivity index (χ1n) is 8.96. The first-order valence-corrected chi connectivity index (χ1v) is 8.96.